The Morgan fingerprint density at radius 3 is 2.23 bits per heavy atom. The van der Waals surface area contributed by atoms with Gasteiger partial charge in [0.1, 0.15) is 0 Å². The first-order valence-electron chi connectivity index (χ1n) is 12.4. The van der Waals surface area contributed by atoms with Crippen molar-refractivity contribution in [3.63, 3.8) is 0 Å². The second-order valence-electron chi connectivity index (χ2n) is 9.58. The van der Waals surface area contributed by atoms with Gasteiger partial charge in [-0.15, -0.1) is 0 Å². The van der Waals surface area contributed by atoms with Gasteiger partial charge in [0.05, 0.1) is 12.6 Å². The van der Waals surface area contributed by atoms with Crippen molar-refractivity contribution in [3.8, 4) is 0 Å². The maximum Gasteiger partial charge on any atom is 2.00 e. The van der Waals surface area contributed by atoms with Crippen LogP contribution < -0.4 is 0 Å². The van der Waals surface area contributed by atoms with Crippen LogP contribution in [0.1, 0.15) is 30.0 Å². The maximum atomic E-state index is 13.2. The third kappa shape index (κ3) is 6.50. The minimum absolute atomic E-state index is 0. The Morgan fingerprint density at radius 2 is 1.54 bits per heavy atom. The van der Waals surface area contributed by atoms with Crippen molar-refractivity contribution in [2.45, 2.75) is 25.3 Å². The summed E-state index contributed by atoms with van der Waals surface area (Å²) in [6.45, 7) is 4.50. The van der Waals surface area contributed by atoms with E-state index in [-0.39, 0.29) is 47.4 Å². The second-order valence-corrected chi connectivity index (χ2v) is 9.58. The number of hydrogen-bond donors (Lipinski definition) is 0. The molecule has 5 nitrogen and oxygen atoms in total. The molecule has 2 aliphatic carbocycles. The van der Waals surface area contributed by atoms with E-state index in [4.69, 9.17) is 0 Å². The molecule has 3 heterocycles. The number of amides is 2. The van der Waals surface area contributed by atoms with Crippen LogP contribution in [0.3, 0.4) is 0 Å². The van der Waals surface area contributed by atoms with Crippen LogP contribution in [0.15, 0.2) is 24.3 Å². The Bertz CT molecular complexity index is 836. The van der Waals surface area contributed by atoms with Gasteiger partial charge >= 0.3 is 17.1 Å². The van der Waals surface area contributed by atoms with E-state index in [1.165, 1.54) is 17.0 Å². The van der Waals surface area contributed by atoms with Crippen molar-refractivity contribution in [2.75, 3.05) is 39.3 Å². The summed E-state index contributed by atoms with van der Waals surface area (Å²) < 4.78 is 0. The second kappa shape index (κ2) is 12.7. The molecular weight excluding hydrogens is 478 g/mol. The zero-order chi connectivity index (χ0) is 23.3. The number of carbonyl (C=O) groups is 2. The monoisotopic (exact) mass is 511 g/mol. The third-order valence-corrected chi connectivity index (χ3v) is 7.39. The molecule has 2 amide bonds. The standard InChI is InChI=1S/C24H28N3O2.C5H5.Fe/c28-23-17-26(16-22-21-8-4-3-7-19(21)11-14-27(22)23)24(29)20-9-12-25(13-10-20)15-18-5-1-2-6-18;1-2-4-5-3-1;/h1-8,20,22H,9-17H2;1-5H;/q;;+2. The van der Waals surface area contributed by atoms with Gasteiger partial charge in [-0.25, -0.2) is 0 Å². The number of piperidine rings is 1. The van der Waals surface area contributed by atoms with Gasteiger partial charge in [-0.1, -0.05) is 24.3 Å². The van der Waals surface area contributed by atoms with E-state index in [2.05, 4.69) is 48.8 Å². The predicted molar refractivity (Wildman–Crippen MR) is 132 cm³/mol. The first-order valence-corrected chi connectivity index (χ1v) is 12.4. The molecule has 4 fully saturated rings. The van der Waals surface area contributed by atoms with Gasteiger partial charge in [0.15, 0.2) is 0 Å². The Morgan fingerprint density at radius 1 is 0.886 bits per heavy atom. The molecule has 6 rings (SSSR count). The van der Waals surface area contributed by atoms with Gasteiger partial charge in [-0.2, -0.15) is 0 Å². The number of fused-ring (bicyclic) bond motifs is 3. The molecule has 2 saturated carbocycles. The molecule has 0 bridgehead atoms. The summed E-state index contributed by atoms with van der Waals surface area (Å²) >= 11 is 0. The molecule has 5 aliphatic rings. The zero-order valence-corrected chi connectivity index (χ0v) is 21.1. The number of rotatable bonds is 3. The molecule has 3 aliphatic heterocycles. The zero-order valence-electron chi connectivity index (χ0n) is 20.0. The summed E-state index contributed by atoms with van der Waals surface area (Å²) in [6, 6.07) is 8.39. The number of hydrogen-bond acceptors (Lipinski definition) is 3. The molecule has 182 valence electrons. The van der Waals surface area contributed by atoms with Gasteiger partial charge in [-0.05, 0) is 107 Å². The van der Waals surface area contributed by atoms with Gasteiger partial charge in [0.25, 0.3) is 0 Å². The molecule has 35 heavy (non-hydrogen) atoms. The van der Waals surface area contributed by atoms with Crippen LogP contribution in [0.25, 0.3) is 0 Å². The van der Waals surface area contributed by atoms with Crippen LogP contribution >= 0.6 is 0 Å². The Balaban J connectivity index is 0.000000431. The van der Waals surface area contributed by atoms with Crippen LogP contribution in [0.4, 0.5) is 0 Å². The SMILES string of the molecule is O=C(C1CCN(C[C]2[CH][CH][CH][CH]2)CC1)N1CC(=O)N2CCc3ccccc3C2C1.[CH]1[CH][CH][CH][CH]1.[Fe+2]. The molecule has 10 radical (unpaired) electrons. The largest absolute Gasteiger partial charge is 2.00 e. The van der Waals surface area contributed by atoms with E-state index < -0.39 is 0 Å². The van der Waals surface area contributed by atoms with Gasteiger partial charge in [0.2, 0.25) is 11.8 Å². The summed E-state index contributed by atoms with van der Waals surface area (Å²) in [4.78, 5) is 32.3. The fourth-order valence-corrected chi connectivity index (χ4v) is 5.54. The van der Waals surface area contributed by atoms with Gasteiger partial charge < -0.3 is 14.7 Å². The fraction of sp³-hybridized carbons (Fsp3) is 0.379. The summed E-state index contributed by atoms with van der Waals surface area (Å²) in [5.74, 6) is 1.66. The quantitative estimate of drug-likeness (QED) is 0.587. The third-order valence-electron chi connectivity index (χ3n) is 7.39. The Hall–Kier alpha value is -1.36. The average Bonchev–Trinajstić information content (AvgIpc) is 3.61. The fourth-order valence-electron chi connectivity index (χ4n) is 5.54. The van der Waals surface area contributed by atoms with Crippen LogP contribution in [0.2, 0.25) is 0 Å². The van der Waals surface area contributed by atoms with E-state index in [0.29, 0.717) is 6.54 Å². The van der Waals surface area contributed by atoms with Gasteiger partial charge in [0, 0.05) is 25.6 Å². The predicted octanol–water partition coefficient (Wildman–Crippen LogP) is 3.09. The van der Waals surface area contributed by atoms with E-state index in [0.717, 1.165) is 45.4 Å². The number of carbonyl (C=O) groups excluding carboxylic acids is 2. The smallest absolute Gasteiger partial charge is 0.332 e. The van der Waals surface area contributed by atoms with Crippen molar-refractivity contribution in [3.05, 3.63) is 99.1 Å². The summed E-state index contributed by atoms with van der Waals surface area (Å²) in [6.07, 6.45) is 21.1. The number of likely N-dealkylation sites (tertiary alicyclic amines) is 1. The summed E-state index contributed by atoms with van der Waals surface area (Å²) in [5, 5.41) is 0. The van der Waals surface area contributed by atoms with Crippen molar-refractivity contribution in [1.29, 1.82) is 0 Å². The molecule has 1 aromatic carbocycles. The van der Waals surface area contributed by atoms with Crippen LogP contribution in [-0.4, -0.2) is 65.8 Å². The first-order chi connectivity index (χ1) is 16.7. The molecule has 0 spiro atoms. The van der Waals surface area contributed by atoms with Crippen molar-refractivity contribution < 1.29 is 26.7 Å². The molecule has 6 heteroatoms. The van der Waals surface area contributed by atoms with Crippen LogP contribution in [-0.2, 0) is 33.1 Å². The van der Waals surface area contributed by atoms with Gasteiger partial charge in [-0.3, -0.25) is 9.59 Å². The molecular formula is C29H33FeN3O2+2. The summed E-state index contributed by atoms with van der Waals surface area (Å²) in [5.41, 5.74) is 2.53. The van der Waals surface area contributed by atoms with Crippen LogP contribution in [0.5, 0.6) is 0 Å². The number of piperazine rings is 1. The number of nitrogens with zero attached hydrogens (tertiary/aromatic N) is 3. The molecule has 1 aromatic rings. The molecule has 1 atom stereocenters. The van der Waals surface area contributed by atoms with Crippen molar-refractivity contribution >= 4 is 11.8 Å². The van der Waals surface area contributed by atoms with E-state index >= 15 is 0 Å². The van der Waals surface area contributed by atoms with E-state index in [1.54, 1.807) is 0 Å². The maximum absolute atomic E-state index is 13.2. The van der Waals surface area contributed by atoms with Crippen LogP contribution in [0, 0.1) is 69.6 Å². The summed E-state index contributed by atoms with van der Waals surface area (Å²) in [7, 11) is 0. The average molecular weight is 511 g/mol. The van der Waals surface area contributed by atoms with Crippen molar-refractivity contribution in [2.24, 2.45) is 5.92 Å². The van der Waals surface area contributed by atoms with Crippen molar-refractivity contribution in [1.82, 2.24) is 14.7 Å². The Kier molecular flexibility index (Phi) is 9.72. The number of benzene rings is 1. The minimum Gasteiger partial charge on any atom is -0.332 e. The first kappa shape index (κ1) is 26.7. The molecule has 0 aromatic heterocycles. The molecule has 0 N–H and O–H groups in total. The Labute approximate surface area is 222 Å². The normalized spacial score (nSPS) is 25.4. The molecule has 1 unspecified atom stereocenters. The van der Waals surface area contributed by atoms with E-state index in [1.807, 2.05) is 48.0 Å². The topological polar surface area (TPSA) is 43.9 Å². The van der Waals surface area contributed by atoms with E-state index in [9.17, 15) is 9.59 Å². The minimum atomic E-state index is 0. The molecule has 2 saturated heterocycles.